The number of rotatable bonds is 0. The predicted molar refractivity (Wildman–Crippen MR) is 66.4 cm³/mol. The molecule has 0 aromatic heterocycles. The van der Waals surface area contributed by atoms with E-state index in [1.165, 1.54) is 57.8 Å². The maximum Gasteiger partial charge on any atom is 0.116 e. The molecule has 3 aliphatic rings. The second-order valence-electron chi connectivity index (χ2n) is 6.17. The summed E-state index contributed by atoms with van der Waals surface area (Å²) in [6.45, 7) is 2.41. The van der Waals surface area contributed by atoms with Gasteiger partial charge in [-0.3, -0.25) is 0 Å². The topological polar surface area (TPSA) is 12.5 Å². The average molecular weight is 220 g/mol. The minimum atomic E-state index is 0.195. The molecule has 1 aliphatic heterocycles. The third-order valence-electron chi connectivity index (χ3n) is 4.97. The van der Waals surface area contributed by atoms with Crippen LogP contribution in [-0.2, 0) is 4.74 Å². The maximum atomic E-state index is 6.15. The Morgan fingerprint density at radius 1 is 1.06 bits per heavy atom. The van der Waals surface area contributed by atoms with Crippen LogP contribution in [0.5, 0.6) is 0 Å². The summed E-state index contributed by atoms with van der Waals surface area (Å²) in [4.78, 5) is 0. The monoisotopic (exact) mass is 220 g/mol. The Hall–Kier alpha value is -0.300. The maximum absolute atomic E-state index is 6.15. The zero-order valence-electron chi connectivity index (χ0n) is 10.5. The van der Waals surface area contributed by atoms with Crippen LogP contribution < -0.4 is 0 Å². The SMILES string of the molecule is CC1CCC/C=C\C23CCCC2(CCC1)O3. The summed E-state index contributed by atoms with van der Waals surface area (Å²) >= 11 is 0. The summed E-state index contributed by atoms with van der Waals surface area (Å²) < 4.78 is 6.15. The molecule has 90 valence electrons. The molecule has 3 atom stereocenters. The predicted octanol–water partition coefficient (Wildman–Crippen LogP) is 4.22. The van der Waals surface area contributed by atoms with E-state index in [1.54, 1.807) is 0 Å². The molecule has 1 heterocycles. The molecule has 0 aromatic carbocycles. The van der Waals surface area contributed by atoms with Crippen molar-refractivity contribution in [1.29, 1.82) is 0 Å². The van der Waals surface area contributed by atoms with Gasteiger partial charge in [0.1, 0.15) is 11.2 Å². The number of ether oxygens (including phenoxy) is 1. The molecule has 2 fully saturated rings. The lowest BCUT2D eigenvalue weighted by atomic mass is 9.89. The van der Waals surface area contributed by atoms with E-state index in [4.69, 9.17) is 4.74 Å². The van der Waals surface area contributed by atoms with E-state index < -0.39 is 0 Å². The minimum absolute atomic E-state index is 0.195. The summed E-state index contributed by atoms with van der Waals surface area (Å²) in [6.07, 6.45) is 16.9. The third kappa shape index (κ3) is 1.64. The average Bonchev–Trinajstić information content (AvgIpc) is 2.74. The smallest absolute Gasteiger partial charge is 0.116 e. The molecule has 0 bridgehead atoms. The van der Waals surface area contributed by atoms with Crippen LogP contribution in [0.3, 0.4) is 0 Å². The molecule has 0 amide bonds. The van der Waals surface area contributed by atoms with Crippen molar-refractivity contribution in [3.63, 3.8) is 0 Å². The number of hydrogen-bond acceptors (Lipinski definition) is 1. The third-order valence-corrected chi connectivity index (χ3v) is 4.97. The fourth-order valence-electron chi connectivity index (χ4n) is 3.90. The van der Waals surface area contributed by atoms with Crippen molar-refractivity contribution in [2.24, 2.45) is 5.92 Å². The summed E-state index contributed by atoms with van der Waals surface area (Å²) in [6, 6.07) is 0. The van der Waals surface area contributed by atoms with Crippen molar-refractivity contribution in [3.8, 4) is 0 Å². The van der Waals surface area contributed by atoms with Crippen LogP contribution in [0, 0.1) is 5.92 Å². The van der Waals surface area contributed by atoms with Gasteiger partial charge in [0.15, 0.2) is 0 Å². The van der Waals surface area contributed by atoms with Crippen molar-refractivity contribution in [1.82, 2.24) is 0 Å². The Morgan fingerprint density at radius 3 is 2.81 bits per heavy atom. The first-order valence-corrected chi connectivity index (χ1v) is 7.14. The van der Waals surface area contributed by atoms with Gasteiger partial charge in [-0.05, 0) is 44.4 Å². The molecule has 0 radical (unpaired) electrons. The van der Waals surface area contributed by atoms with Crippen molar-refractivity contribution in [2.45, 2.75) is 75.9 Å². The van der Waals surface area contributed by atoms with E-state index in [9.17, 15) is 0 Å². The van der Waals surface area contributed by atoms with E-state index in [0.717, 1.165) is 5.92 Å². The largest absolute Gasteiger partial charge is 0.358 e. The molecule has 3 unspecified atom stereocenters. The number of epoxide rings is 1. The van der Waals surface area contributed by atoms with Gasteiger partial charge in [0.25, 0.3) is 0 Å². The highest BCUT2D eigenvalue weighted by molar-refractivity contribution is 5.28. The zero-order valence-corrected chi connectivity index (χ0v) is 10.5. The van der Waals surface area contributed by atoms with Gasteiger partial charge in [0.05, 0.1) is 0 Å². The van der Waals surface area contributed by atoms with Gasteiger partial charge in [-0.15, -0.1) is 0 Å². The van der Waals surface area contributed by atoms with E-state index >= 15 is 0 Å². The normalized spacial score (nSPS) is 49.9. The van der Waals surface area contributed by atoms with Crippen LogP contribution in [-0.4, -0.2) is 11.2 Å². The Balaban J connectivity index is 1.72. The quantitative estimate of drug-likeness (QED) is 0.440. The van der Waals surface area contributed by atoms with Crippen LogP contribution in [0.4, 0.5) is 0 Å². The van der Waals surface area contributed by atoms with Gasteiger partial charge in [-0.1, -0.05) is 38.3 Å². The zero-order chi connectivity index (χ0) is 11.1. The van der Waals surface area contributed by atoms with Crippen LogP contribution in [0.1, 0.15) is 64.7 Å². The number of allylic oxidation sites excluding steroid dienone is 1. The molecule has 16 heavy (non-hydrogen) atoms. The second-order valence-corrected chi connectivity index (χ2v) is 6.17. The van der Waals surface area contributed by atoms with Crippen molar-refractivity contribution >= 4 is 0 Å². The highest BCUT2D eigenvalue weighted by Gasteiger charge is 2.69. The van der Waals surface area contributed by atoms with Gasteiger partial charge in [-0.25, -0.2) is 0 Å². The molecule has 1 nitrogen and oxygen atoms in total. The lowest BCUT2D eigenvalue weighted by molar-refractivity contribution is 0.219. The Morgan fingerprint density at radius 2 is 1.88 bits per heavy atom. The molecule has 1 saturated heterocycles. The summed E-state index contributed by atoms with van der Waals surface area (Å²) in [5, 5.41) is 0. The van der Waals surface area contributed by atoms with Gasteiger partial charge < -0.3 is 4.74 Å². The van der Waals surface area contributed by atoms with E-state index in [1.807, 2.05) is 0 Å². The molecule has 1 heteroatoms. The van der Waals surface area contributed by atoms with Crippen LogP contribution in [0.25, 0.3) is 0 Å². The Bertz CT molecular complexity index is 296. The fourth-order valence-corrected chi connectivity index (χ4v) is 3.90. The van der Waals surface area contributed by atoms with Gasteiger partial charge in [0.2, 0.25) is 0 Å². The minimum Gasteiger partial charge on any atom is -0.358 e. The lowest BCUT2D eigenvalue weighted by Gasteiger charge is -2.12. The van der Waals surface area contributed by atoms with E-state index in [0.29, 0.717) is 0 Å². The highest BCUT2D eigenvalue weighted by atomic mass is 16.6. The molecule has 3 rings (SSSR count). The first-order valence-electron chi connectivity index (χ1n) is 7.14. The van der Waals surface area contributed by atoms with Gasteiger partial charge >= 0.3 is 0 Å². The molecular weight excluding hydrogens is 196 g/mol. The van der Waals surface area contributed by atoms with Gasteiger partial charge in [-0.2, -0.15) is 0 Å². The molecule has 0 aromatic rings. The molecule has 0 spiro atoms. The van der Waals surface area contributed by atoms with Crippen LogP contribution in [0.15, 0.2) is 12.2 Å². The molecule has 0 N–H and O–H groups in total. The van der Waals surface area contributed by atoms with Crippen LogP contribution >= 0.6 is 0 Å². The fraction of sp³-hybridized carbons (Fsp3) is 0.867. The summed E-state index contributed by atoms with van der Waals surface area (Å²) in [5.74, 6) is 0.914. The highest BCUT2D eigenvalue weighted by Crippen LogP contribution is 2.63. The summed E-state index contributed by atoms with van der Waals surface area (Å²) in [7, 11) is 0. The van der Waals surface area contributed by atoms with Gasteiger partial charge in [0, 0.05) is 0 Å². The molecule has 2 aliphatic carbocycles. The van der Waals surface area contributed by atoms with Crippen molar-refractivity contribution in [2.75, 3.05) is 0 Å². The number of hydrogen-bond donors (Lipinski definition) is 0. The second kappa shape index (κ2) is 3.87. The first kappa shape index (κ1) is 10.8. The Kier molecular flexibility index (Phi) is 2.62. The summed E-state index contributed by atoms with van der Waals surface area (Å²) in [5.41, 5.74) is 0.480. The Labute approximate surface area is 99.3 Å². The van der Waals surface area contributed by atoms with Crippen molar-refractivity contribution in [3.05, 3.63) is 12.2 Å². The standard InChI is InChI=1S/C15H24O/c1-13-7-3-2-4-9-14-11-6-12-15(14,16-14)10-5-8-13/h4,9,13H,2-3,5-8,10-12H2,1H3/b9-4-. The first-order chi connectivity index (χ1) is 7.77. The lowest BCUT2D eigenvalue weighted by Crippen LogP contribution is -2.17. The van der Waals surface area contributed by atoms with E-state index in [2.05, 4.69) is 19.1 Å². The molecular formula is C15H24O. The molecule has 1 saturated carbocycles. The van der Waals surface area contributed by atoms with Crippen molar-refractivity contribution < 1.29 is 4.74 Å². The van der Waals surface area contributed by atoms with E-state index in [-0.39, 0.29) is 11.2 Å². The van der Waals surface area contributed by atoms with Crippen LogP contribution in [0.2, 0.25) is 0 Å².